The lowest BCUT2D eigenvalue weighted by atomic mass is 9.94. The summed E-state index contributed by atoms with van der Waals surface area (Å²) in [5.74, 6) is -0.0846. The predicted molar refractivity (Wildman–Crippen MR) is 74.9 cm³/mol. The quantitative estimate of drug-likeness (QED) is 0.683. The van der Waals surface area contributed by atoms with E-state index in [1.807, 2.05) is 0 Å². The summed E-state index contributed by atoms with van der Waals surface area (Å²) in [4.78, 5) is 11.7. The first kappa shape index (κ1) is 16.4. The number of nitrogens with two attached hydrogens (primary N) is 1. The van der Waals surface area contributed by atoms with Gasteiger partial charge in [0.25, 0.3) is 5.91 Å². The van der Waals surface area contributed by atoms with Crippen molar-refractivity contribution in [2.24, 2.45) is 5.73 Å². The van der Waals surface area contributed by atoms with Crippen LogP contribution in [0.25, 0.3) is 0 Å². The summed E-state index contributed by atoms with van der Waals surface area (Å²) >= 11 is 0. The highest BCUT2D eigenvalue weighted by Gasteiger charge is 2.26. The fourth-order valence-corrected chi connectivity index (χ4v) is 2.08. The van der Waals surface area contributed by atoms with E-state index in [9.17, 15) is 4.79 Å². The maximum Gasteiger partial charge on any atom is 0.251 e. The van der Waals surface area contributed by atoms with Crippen LogP contribution in [0.4, 0.5) is 0 Å². The summed E-state index contributed by atoms with van der Waals surface area (Å²) in [5.41, 5.74) is 5.08. The second kappa shape index (κ2) is 7.82. The molecule has 0 aromatic heterocycles. The van der Waals surface area contributed by atoms with Gasteiger partial charge >= 0.3 is 0 Å². The molecule has 0 aromatic carbocycles. The molecule has 0 bridgehead atoms. The number of hydrogen-bond donors (Lipinski definition) is 2. The van der Waals surface area contributed by atoms with Crippen LogP contribution in [0.15, 0.2) is 0 Å². The Morgan fingerprint density at radius 2 is 1.95 bits per heavy atom. The van der Waals surface area contributed by atoms with Crippen LogP contribution in [-0.4, -0.2) is 43.9 Å². The lowest BCUT2D eigenvalue weighted by Crippen LogP contribution is -2.44. The Morgan fingerprint density at radius 3 is 2.53 bits per heavy atom. The fraction of sp³-hybridized carbons (Fsp3) is 0.929. The van der Waals surface area contributed by atoms with E-state index in [-0.39, 0.29) is 5.91 Å². The van der Waals surface area contributed by atoms with Crippen LogP contribution in [0.3, 0.4) is 0 Å². The first-order chi connectivity index (χ1) is 8.95. The van der Waals surface area contributed by atoms with Gasteiger partial charge in [0.2, 0.25) is 0 Å². The van der Waals surface area contributed by atoms with Gasteiger partial charge in [-0.1, -0.05) is 0 Å². The third-order valence-corrected chi connectivity index (χ3v) is 3.74. The Kier molecular flexibility index (Phi) is 6.75. The Bertz CT molecular complexity index is 274. The van der Waals surface area contributed by atoms with Crippen molar-refractivity contribution < 1.29 is 14.3 Å². The summed E-state index contributed by atoms with van der Waals surface area (Å²) in [5, 5.41) is 2.85. The molecule has 1 aliphatic carbocycles. The summed E-state index contributed by atoms with van der Waals surface area (Å²) < 4.78 is 10.9. The average Bonchev–Trinajstić information content (AvgIpc) is 2.40. The maximum absolute atomic E-state index is 11.7. The molecule has 0 saturated heterocycles. The minimum absolute atomic E-state index is 0.0846. The first-order valence-electron chi connectivity index (χ1n) is 7.16. The molecule has 1 amide bonds. The third-order valence-electron chi connectivity index (χ3n) is 3.74. The highest BCUT2D eigenvalue weighted by atomic mass is 16.5. The van der Waals surface area contributed by atoms with Crippen LogP contribution in [0, 0.1) is 0 Å². The zero-order chi connectivity index (χ0) is 14.3. The molecule has 0 radical (unpaired) electrons. The zero-order valence-corrected chi connectivity index (χ0v) is 12.4. The van der Waals surface area contributed by atoms with Crippen LogP contribution in [0.2, 0.25) is 0 Å². The van der Waals surface area contributed by atoms with Crippen molar-refractivity contribution >= 4 is 5.91 Å². The van der Waals surface area contributed by atoms with Gasteiger partial charge in [0.1, 0.15) is 5.60 Å². The van der Waals surface area contributed by atoms with Crippen molar-refractivity contribution in [3.05, 3.63) is 0 Å². The minimum atomic E-state index is -0.764. The molecule has 1 aliphatic rings. The van der Waals surface area contributed by atoms with E-state index < -0.39 is 5.60 Å². The van der Waals surface area contributed by atoms with E-state index in [4.69, 9.17) is 15.2 Å². The molecule has 19 heavy (non-hydrogen) atoms. The van der Waals surface area contributed by atoms with E-state index >= 15 is 0 Å². The molecule has 1 fully saturated rings. The van der Waals surface area contributed by atoms with E-state index in [0.29, 0.717) is 25.3 Å². The SMILES string of the molecule is COC(C)(C)C(=O)NCCCOC1CCC(N)CC1. The number of nitrogens with one attached hydrogen (secondary N) is 1. The molecule has 0 heterocycles. The monoisotopic (exact) mass is 272 g/mol. The number of ether oxygens (including phenoxy) is 2. The number of rotatable bonds is 7. The summed E-state index contributed by atoms with van der Waals surface area (Å²) in [6, 6.07) is 0.357. The van der Waals surface area contributed by atoms with Gasteiger partial charge in [-0.15, -0.1) is 0 Å². The van der Waals surface area contributed by atoms with E-state index in [1.54, 1.807) is 13.8 Å². The van der Waals surface area contributed by atoms with E-state index in [0.717, 1.165) is 32.1 Å². The first-order valence-corrected chi connectivity index (χ1v) is 7.16. The van der Waals surface area contributed by atoms with Gasteiger partial charge < -0.3 is 20.5 Å². The maximum atomic E-state index is 11.7. The molecule has 0 atom stereocenters. The minimum Gasteiger partial charge on any atom is -0.378 e. The van der Waals surface area contributed by atoms with Gasteiger partial charge in [0.05, 0.1) is 6.10 Å². The second-order valence-electron chi connectivity index (χ2n) is 5.73. The van der Waals surface area contributed by atoms with Gasteiger partial charge in [-0.25, -0.2) is 0 Å². The molecule has 5 nitrogen and oxygen atoms in total. The van der Waals surface area contributed by atoms with Crippen LogP contribution >= 0.6 is 0 Å². The van der Waals surface area contributed by atoms with Gasteiger partial charge in [-0.2, -0.15) is 0 Å². The fourth-order valence-electron chi connectivity index (χ4n) is 2.08. The molecule has 3 N–H and O–H groups in total. The topological polar surface area (TPSA) is 73.6 Å². The summed E-state index contributed by atoms with van der Waals surface area (Å²) in [6.45, 7) is 4.82. The van der Waals surface area contributed by atoms with Crippen molar-refractivity contribution in [1.29, 1.82) is 0 Å². The number of amides is 1. The highest BCUT2D eigenvalue weighted by molar-refractivity contribution is 5.84. The smallest absolute Gasteiger partial charge is 0.251 e. The molecule has 0 aliphatic heterocycles. The van der Waals surface area contributed by atoms with Crippen LogP contribution < -0.4 is 11.1 Å². The van der Waals surface area contributed by atoms with Gasteiger partial charge in [0, 0.05) is 26.3 Å². The standard InChI is InChI=1S/C14H28N2O3/c1-14(2,18-3)13(17)16-9-4-10-19-12-7-5-11(15)6-8-12/h11-12H,4-10,15H2,1-3H3,(H,16,17). The highest BCUT2D eigenvalue weighted by Crippen LogP contribution is 2.19. The van der Waals surface area contributed by atoms with Crippen LogP contribution in [0.5, 0.6) is 0 Å². The van der Waals surface area contributed by atoms with Crippen molar-refractivity contribution in [3.63, 3.8) is 0 Å². The number of carbonyl (C=O) groups is 1. The Hall–Kier alpha value is -0.650. The lowest BCUT2D eigenvalue weighted by Gasteiger charge is -2.26. The zero-order valence-electron chi connectivity index (χ0n) is 12.4. The summed E-state index contributed by atoms with van der Waals surface area (Å²) in [6.07, 6.45) is 5.42. The van der Waals surface area contributed by atoms with Crippen molar-refractivity contribution in [2.45, 2.75) is 63.7 Å². The molecular weight excluding hydrogens is 244 g/mol. The Morgan fingerprint density at radius 1 is 1.32 bits per heavy atom. The predicted octanol–water partition coefficient (Wildman–Crippen LogP) is 1.20. The van der Waals surface area contributed by atoms with Crippen molar-refractivity contribution in [3.8, 4) is 0 Å². The molecule has 0 spiro atoms. The second-order valence-corrected chi connectivity index (χ2v) is 5.73. The summed E-state index contributed by atoms with van der Waals surface area (Å²) in [7, 11) is 1.54. The molecule has 5 heteroatoms. The van der Waals surface area contributed by atoms with Crippen LogP contribution in [-0.2, 0) is 14.3 Å². The molecule has 112 valence electrons. The van der Waals surface area contributed by atoms with Crippen molar-refractivity contribution in [1.82, 2.24) is 5.32 Å². The molecule has 1 rings (SSSR count). The largest absolute Gasteiger partial charge is 0.378 e. The van der Waals surface area contributed by atoms with Crippen molar-refractivity contribution in [2.75, 3.05) is 20.3 Å². The Balaban J connectivity index is 2.04. The van der Waals surface area contributed by atoms with Gasteiger partial charge in [-0.3, -0.25) is 4.79 Å². The molecule has 0 aromatic rings. The normalized spacial score (nSPS) is 24.2. The lowest BCUT2D eigenvalue weighted by molar-refractivity contribution is -0.139. The molecule has 0 unspecified atom stereocenters. The number of carbonyl (C=O) groups excluding carboxylic acids is 1. The number of hydrogen-bond acceptors (Lipinski definition) is 4. The number of methoxy groups -OCH3 is 1. The molecular formula is C14H28N2O3. The molecule has 1 saturated carbocycles. The van der Waals surface area contributed by atoms with E-state index in [2.05, 4.69) is 5.32 Å². The van der Waals surface area contributed by atoms with Gasteiger partial charge in [-0.05, 0) is 46.0 Å². The third kappa shape index (κ3) is 5.89. The Labute approximate surface area is 116 Å². The van der Waals surface area contributed by atoms with Gasteiger partial charge in [0.15, 0.2) is 0 Å². The average molecular weight is 272 g/mol. The van der Waals surface area contributed by atoms with Crippen LogP contribution in [0.1, 0.15) is 46.0 Å². The van der Waals surface area contributed by atoms with E-state index in [1.165, 1.54) is 7.11 Å².